The number of aromatic nitrogens is 2. The van der Waals surface area contributed by atoms with Crippen LogP contribution in [0.5, 0.6) is 0 Å². The molecule has 1 heterocycles. The molecule has 3 nitrogen and oxygen atoms in total. The van der Waals surface area contributed by atoms with E-state index in [1.807, 2.05) is 0 Å². The van der Waals surface area contributed by atoms with Gasteiger partial charge in [0.1, 0.15) is 5.82 Å². The van der Waals surface area contributed by atoms with Gasteiger partial charge in [0, 0.05) is 18.3 Å². The quantitative estimate of drug-likeness (QED) is 0.874. The largest absolute Gasteiger partial charge is 0.319 e. The van der Waals surface area contributed by atoms with Gasteiger partial charge in [-0.25, -0.2) is 4.39 Å². The minimum Gasteiger partial charge on any atom is -0.319 e. The first-order valence-electron chi connectivity index (χ1n) is 4.78. The average molecular weight is 240 g/mol. The second-order valence-corrected chi connectivity index (χ2v) is 3.93. The van der Waals surface area contributed by atoms with E-state index in [0.717, 1.165) is 5.69 Å². The maximum Gasteiger partial charge on any atom is 0.123 e. The van der Waals surface area contributed by atoms with Crippen molar-refractivity contribution >= 4 is 11.6 Å². The lowest BCUT2D eigenvalue weighted by molar-refractivity contribution is 0.619. The van der Waals surface area contributed by atoms with Crippen molar-refractivity contribution in [2.75, 3.05) is 0 Å². The number of hydrogen-bond donors (Lipinski definition) is 1. The van der Waals surface area contributed by atoms with Crippen LogP contribution in [0.3, 0.4) is 0 Å². The Kier molecular flexibility index (Phi) is 2.94. The molecule has 0 aliphatic heterocycles. The summed E-state index contributed by atoms with van der Waals surface area (Å²) >= 11 is 5.98. The molecule has 1 unspecified atom stereocenters. The monoisotopic (exact) mass is 239 g/mol. The van der Waals surface area contributed by atoms with Crippen LogP contribution in [0, 0.1) is 5.82 Å². The molecule has 0 aliphatic carbocycles. The van der Waals surface area contributed by atoms with E-state index in [-0.39, 0.29) is 5.82 Å². The maximum absolute atomic E-state index is 13.1. The van der Waals surface area contributed by atoms with E-state index in [4.69, 9.17) is 17.3 Å². The molecule has 84 valence electrons. The Balaban J connectivity index is 2.45. The van der Waals surface area contributed by atoms with Gasteiger partial charge in [-0.3, -0.25) is 4.68 Å². The molecule has 16 heavy (non-hydrogen) atoms. The van der Waals surface area contributed by atoms with Crippen LogP contribution in [0.15, 0.2) is 30.5 Å². The number of halogens is 2. The standard InChI is InChI=1S/C11H11ClFN3/c1-16-10(4-5-15-16)11(14)8-6-7(13)2-3-9(8)12/h2-6,11H,14H2,1H3. The highest BCUT2D eigenvalue weighted by molar-refractivity contribution is 6.31. The lowest BCUT2D eigenvalue weighted by Crippen LogP contribution is -2.16. The Hall–Kier alpha value is -1.39. The minimum absolute atomic E-state index is 0.350. The summed E-state index contributed by atoms with van der Waals surface area (Å²) in [5.74, 6) is -0.350. The predicted molar refractivity (Wildman–Crippen MR) is 60.6 cm³/mol. The van der Waals surface area contributed by atoms with Gasteiger partial charge in [0.15, 0.2) is 0 Å². The van der Waals surface area contributed by atoms with Crippen molar-refractivity contribution in [3.8, 4) is 0 Å². The van der Waals surface area contributed by atoms with Crippen LogP contribution in [0.2, 0.25) is 5.02 Å². The molecule has 0 amide bonds. The molecule has 2 N–H and O–H groups in total. The topological polar surface area (TPSA) is 43.8 Å². The van der Waals surface area contributed by atoms with Gasteiger partial charge in [0.25, 0.3) is 0 Å². The van der Waals surface area contributed by atoms with Crippen LogP contribution in [-0.4, -0.2) is 9.78 Å². The number of nitrogens with two attached hydrogens (primary N) is 1. The molecule has 2 aromatic rings. The van der Waals surface area contributed by atoms with E-state index in [0.29, 0.717) is 10.6 Å². The van der Waals surface area contributed by atoms with Crippen molar-refractivity contribution in [3.05, 3.63) is 52.6 Å². The SMILES string of the molecule is Cn1nccc1C(N)c1cc(F)ccc1Cl. The summed E-state index contributed by atoms with van der Waals surface area (Å²) in [5.41, 5.74) is 7.36. The second kappa shape index (κ2) is 4.23. The zero-order valence-corrected chi connectivity index (χ0v) is 9.45. The smallest absolute Gasteiger partial charge is 0.123 e. The van der Waals surface area contributed by atoms with E-state index >= 15 is 0 Å². The van der Waals surface area contributed by atoms with Crippen LogP contribution in [0.1, 0.15) is 17.3 Å². The first kappa shape index (κ1) is 11.1. The van der Waals surface area contributed by atoms with Gasteiger partial charge in [-0.1, -0.05) is 11.6 Å². The Labute approximate surface area is 97.6 Å². The summed E-state index contributed by atoms with van der Waals surface area (Å²) in [5, 5.41) is 4.47. The fraction of sp³-hybridized carbons (Fsp3) is 0.182. The van der Waals surface area contributed by atoms with Crippen LogP contribution in [-0.2, 0) is 7.05 Å². The molecule has 0 radical (unpaired) electrons. The molecule has 0 saturated carbocycles. The number of hydrogen-bond acceptors (Lipinski definition) is 2. The fourth-order valence-electron chi connectivity index (χ4n) is 1.60. The molecule has 5 heteroatoms. The van der Waals surface area contributed by atoms with Crippen molar-refractivity contribution < 1.29 is 4.39 Å². The highest BCUT2D eigenvalue weighted by Crippen LogP contribution is 2.26. The summed E-state index contributed by atoms with van der Waals surface area (Å²) in [6.45, 7) is 0. The first-order valence-corrected chi connectivity index (χ1v) is 5.16. The number of rotatable bonds is 2. The van der Waals surface area contributed by atoms with Crippen molar-refractivity contribution in [2.45, 2.75) is 6.04 Å². The minimum atomic E-state index is -0.476. The molecule has 1 atom stereocenters. The van der Waals surface area contributed by atoms with E-state index in [1.54, 1.807) is 24.0 Å². The van der Waals surface area contributed by atoms with Crippen molar-refractivity contribution in [3.63, 3.8) is 0 Å². The third-order valence-corrected chi connectivity index (χ3v) is 2.81. The molecule has 1 aromatic heterocycles. The van der Waals surface area contributed by atoms with Crippen molar-refractivity contribution in [2.24, 2.45) is 12.8 Å². The summed E-state index contributed by atoms with van der Waals surface area (Å²) < 4.78 is 14.8. The van der Waals surface area contributed by atoms with Crippen LogP contribution < -0.4 is 5.73 Å². The molecular formula is C11H11ClFN3. The Morgan fingerprint density at radius 2 is 2.19 bits per heavy atom. The lowest BCUT2D eigenvalue weighted by Gasteiger charge is -2.14. The maximum atomic E-state index is 13.1. The zero-order chi connectivity index (χ0) is 11.7. The van der Waals surface area contributed by atoms with Crippen LogP contribution >= 0.6 is 11.6 Å². The van der Waals surface area contributed by atoms with Gasteiger partial charge in [-0.2, -0.15) is 5.10 Å². The summed E-state index contributed by atoms with van der Waals surface area (Å²) in [7, 11) is 1.78. The van der Waals surface area contributed by atoms with Gasteiger partial charge < -0.3 is 5.73 Å². The van der Waals surface area contributed by atoms with Crippen LogP contribution in [0.25, 0.3) is 0 Å². The van der Waals surface area contributed by atoms with Crippen molar-refractivity contribution in [1.29, 1.82) is 0 Å². The zero-order valence-electron chi connectivity index (χ0n) is 8.69. The third kappa shape index (κ3) is 1.94. The van der Waals surface area contributed by atoms with E-state index in [9.17, 15) is 4.39 Å². The number of benzene rings is 1. The molecule has 0 bridgehead atoms. The van der Waals surface area contributed by atoms with Gasteiger partial charge in [0.2, 0.25) is 0 Å². The van der Waals surface area contributed by atoms with Crippen molar-refractivity contribution in [1.82, 2.24) is 9.78 Å². The first-order chi connectivity index (χ1) is 7.59. The summed E-state index contributed by atoms with van der Waals surface area (Å²) in [6.07, 6.45) is 1.64. The molecule has 0 spiro atoms. The van der Waals surface area contributed by atoms with Gasteiger partial charge in [-0.15, -0.1) is 0 Å². The Morgan fingerprint density at radius 1 is 1.44 bits per heavy atom. The lowest BCUT2D eigenvalue weighted by atomic mass is 10.0. The molecule has 0 saturated heterocycles. The van der Waals surface area contributed by atoms with E-state index < -0.39 is 6.04 Å². The molecule has 2 rings (SSSR count). The van der Waals surface area contributed by atoms with Gasteiger partial charge in [-0.05, 0) is 29.8 Å². The molecule has 0 aliphatic rings. The fourth-order valence-corrected chi connectivity index (χ4v) is 1.84. The Morgan fingerprint density at radius 3 is 2.81 bits per heavy atom. The number of nitrogens with zero attached hydrogens (tertiary/aromatic N) is 2. The second-order valence-electron chi connectivity index (χ2n) is 3.52. The summed E-state index contributed by atoms with van der Waals surface area (Å²) in [6, 6.07) is 5.46. The summed E-state index contributed by atoms with van der Waals surface area (Å²) in [4.78, 5) is 0. The van der Waals surface area contributed by atoms with Gasteiger partial charge >= 0.3 is 0 Å². The van der Waals surface area contributed by atoms with E-state index in [1.165, 1.54) is 18.2 Å². The van der Waals surface area contributed by atoms with Gasteiger partial charge in [0.05, 0.1) is 11.7 Å². The molecular weight excluding hydrogens is 229 g/mol. The Bertz CT molecular complexity index is 510. The van der Waals surface area contributed by atoms with Crippen LogP contribution in [0.4, 0.5) is 4.39 Å². The average Bonchev–Trinajstić information content (AvgIpc) is 2.67. The number of aryl methyl sites for hydroxylation is 1. The highest BCUT2D eigenvalue weighted by atomic mass is 35.5. The van der Waals surface area contributed by atoms with E-state index in [2.05, 4.69) is 5.10 Å². The third-order valence-electron chi connectivity index (χ3n) is 2.47. The predicted octanol–water partition coefficient (Wildman–Crippen LogP) is 2.26. The molecule has 0 fully saturated rings. The molecule has 1 aromatic carbocycles. The highest BCUT2D eigenvalue weighted by Gasteiger charge is 2.16. The normalized spacial score (nSPS) is 12.8.